The number of aliphatic carboxylic acids is 1. The smallest absolute Gasteiger partial charge is 0.407 e. The quantitative estimate of drug-likeness (QED) is 0.416. The maximum Gasteiger partial charge on any atom is 0.407 e. The summed E-state index contributed by atoms with van der Waals surface area (Å²) in [4.78, 5) is 44.2. The lowest BCUT2D eigenvalue weighted by Gasteiger charge is -2.15. The first-order chi connectivity index (χ1) is 9.27. The van der Waals surface area contributed by atoms with Crippen LogP contribution in [0.2, 0.25) is 0 Å². The standard InChI is InChI=1S/C11H18N2O6S/c1-6(14)2-3-9(15)8(5-20)13-11(18)19-4-7(12)10(16)17/h7-8,20H,2-5,12H2,1H3,(H,13,18)(H,16,17)/t7-,8-/m0/s1. The Hall–Kier alpha value is -1.61. The van der Waals surface area contributed by atoms with E-state index >= 15 is 0 Å². The summed E-state index contributed by atoms with van der Waals surface area (Å²) in [6.07, 6.45) is -0.879. The Morgan fingerprint density at radius 1 is 1.30 bits per heavy atom. The Labute approximate surface area is 121 Å². The number of alkyl carbamates (subject to hydrolysis) is 1. The lowest BCUT2D eigenvalue weighted by Crippen LogP contribution is -2.44. The van der Waals surface area contributed by atoms with Crippen LogP contribution in [0.4, 0.5) is 4.79 Å². The largest absolute Gasteiger partial charge is 0.480 e. The number of ketones is 2. The third-order valence-electron chi connectivity index (χ3n) is 2.30. The molecule has 0 rings (SSSR count). The molecule has 0 fully saturated rings. The summed E-state index contributed by atoms with van der Waals surface area (Å²) in [6, 6.07) is -2.23. The van der Waals surface area contributed by atoms with Gasteiger partial charge in [-0.3, -0.25) is 9.59 Å². The SMILES string of the molecule is CC(=O)CCC(=O)[C@H](CS)NC(=O)OC[C@H](N)C(=O)O. The average molecular weight is 306 g/mol. The van der Waals surface area contributed by atoms with Crippen molar-refractivity contribution in [2.45, 2.75) is 31.8 Å². The second-order valence-electron chi connectivity index (χ2n) is 4.09. The van der Waals surface area contributed by atoms with Crippen molar-refractivity contribution in [3.05, 3.63) is 0 Å². The number of Topliss-reactive ketones (excluding diaryl/α,β-unsaturated/α-hetero) is 2. The number of thiol groups is 1. The first-order valence-corrected chi connectivity index (χ1v) is 6.45. The molecule has 0 aromatic carbocycles. The number of amides is 1. The molecule has 1 amide bonds. The van der Waals surface area contributed by atoms with Crippen molar-refractivity contribution in [3.8, 4) is 0 Å². The number of nitrogens with one attached hydrogen (secondary N) is 1. The molecule has 8 nitrogen and oxygen atoms in total. The van der Waals surface area contributed by atoms with Crippen LogP contribution < -0.4 is 11.1 Å². The molecule has 20 heavy (non-hydrogen) atoms. The summed E-state index contributed by atoms with van der Waals surface area (Å²) in [5, 5.41) is 10.7. The van der Waals surface area contributed by atoms with Gasteiger partial charge in [0.1, 0.15) is 18.4 Å². The van der Waals surface area contributed by atoms with E-state index in [1.54, 1.807) is 0 Å². The highest BCUT2D eigenvalue weighted by Crippen LogP contribution is 2.00. The Morgan fingerprint density at radius 2 is 1.90 bits per heavy atom. The second-order valence-corrected chi connectivity index (χ2v) is 4.46. The van der Waals surface area contributed by atoms with Gasteiger partial charge in [-0.05, 0) is 6.92 Å². The predicted molar refractivity (Wildman–Crippen MR) is 72.7 cm³/mol. The summed E-state index contributed by atoms with van der Waals surface area (Å²) in [7, 11) is 0. The fourth-order valence-corrected chi connectivity index (χ4v) is 1.42. The first-order valence-electron chi connectivity index (χ1n) is 5.82. The zero-order valence-corrected chi connectivity index (χ0v) is 11.9. The molecule has 0 aromatic rings. The summed E-state index contributed by atoms with van der Waals surface area (Å²) in [5.41, 5.74) is 5.14. The van der Waals surface area contributed by atoms with Crippen LogP contribution in [0.1, 0.15) is 19.8 Å². The monoisotopic (exact) mass is 306 g/mol. The minimum Gasteiger partial charge on any atom is -0.480 e. The van der Waals surface area contributed by atoms with Gasteiger partial charge < -0.3 is 25.7 Å². The highest BCUT2D eigenvalue weighted by atomic mass is 32.1. The summed E-state index contributed by atoms with van der Waals surface area (Å²) >= 11 is 3.92. The topological polar surface area (TPSA) is 136 Å². The highest BCUT2D eigenvalue weighted by molar-refractivity contribution is 7.80. The lowest BCUT2D eigenvalue weighted by molar-refractivity contribution is -0.139. The molecule has 0 spiro atoms. The first kappa shape index (κ1) is 18.4. The molecule has 0 saturated heterocycles. The Morgan fingerprint density at radius 3 is 2.35 bits per heavy atom. The minimum atomic E-state index is -1.33. The lowest BCUT2D eigenvalue weighted by atomic mass is 10.1. The van der Waals surface area contributed by atoms with E-state index in [1.165, 1.54) is 6.92 Å². The molecule has 4 N–H and O–H groups in total. The molecule has 0 unspecified atom stereocenters. The van der Waals surface area contributed by atoms with Crippen LogP contribution in [-0.2, 0) is 19.1 Å². The van der Waals surface area contributed by atoms with E-state index in [4.69, 9.17) is 10.8 Å². The van der Waals surface area contributed by atoms with Crippen molar-refractivity contribution in [3.63, 3.8) is 0 Å². The van der Waals surface area contributed by atoms with Crippen molar-refractivity contribution >= 4 is 36.3 Å². The van der Waals surface area contributed by atoms with Crippen molar-refractivity contribution in [2.24, 2.45) is 5.73 Å². The fourth-order valence-electron chi connectivity index (χ4n) is 1.12. The highest BCUT2D eigenvalue weighted by Gasteiger charge is 2.21. The van der Waals surface area contributed by atoms with Gasteiger partial charge in [-0.15, -0.1) is 0 Å². The van der Waals surface area contributed by atoms with E-state index in [2.05, 4.69) is 22.7 Å². The molecular formula is C11H18N2O6S. The Bertz CT molecular complexity index is 387. The number of carbonyl (C=O) groups is 4. The van der Waals surface area contributed by atoms with Gasteiger partial charge in [0.25, 0.3) is 0 Å². The third kappa shape index (κ3) is 7.74. The van der Waals surface area contributed by atoms with E-state index < -0.39 is 30.8 Å². The number of carboxylic acid groups (broad SMARTS) is 1. The Kier molecular flexibility index (Phi) is 8.57. The number of nitrogens with two attached hydrogens (primary N) is 1. The van der Waals surface area contributed by atoms with E-state index in [1.807, 2.05) is 0 Å². The molecule has 0 aliphatic heterocycles. The van der Waals surface area contributed by atoms with Crippen LogP contribution in [0.25, 0.3) is 0 Å². The molecule has 0 aliphatic rings. The molecule has 0 aromatic heterocycles. The fraction of sp³-hybridized carbons (Fsp3) is 0.636. The molecule has 0 radical (unpaired) electrons. The molecule has 0 heterocycles. The molecule has 2 atom stereocenters. The van der Waals surface area contributed by atoms with Gasteiger partial charge in [-0.2, -0.15) is 12.6 Å². The van der Waals surface area contributed by atoms with E-state index in [-0.39, 0.29) is 30.2 Å². The molecule has 9 heteroatoms. The van der Waals surface area contributed by atoms with Gasteiger partial charge >= 0.3 is 12.1 Å². The van der Waals surface area contributed by atoms with Crippen LogP contribution in [-0.4, -0.2) is 53.2 Å². The number of ether oxygens (including phenoxy) is 1. The van der Waals surface area contributed by atoms with Crippen molar-refractivity contribution in [1.82, 2.24) is 5.32 Å². The van der Waals surface area contributed by atoms with Gasteiger partial charge in [0.2, 0.25) is 0 Å². The van der Waals surface area contributed by atoms with Crippen LogP contribution in [0.3, 0.4) is 0 Å². The summed E-state index contributed by atoms with van der Waals surface area (Å²) in [6.45, 7) is 0.847. The molecule has 0 aliphatic carbocycles. The Balaban J connectivity index is 4.21. The van der Waals surface area contributed by atoms with E-state index in [0.717, 1.165) is 0 Å². The van der Waals surface area contributed by atoms with Crippen LogP contribution in [0.15, 0.2) is 0 Å². The number of carbonyl (C=O) groups excluding carboxylic acids is 3. The number of hydrogen-bond acceptors (Lipinski definition) is 7. The van der Waals surface area contributed by atoms with Crippen molar-refractivity contribution < 1.29 is 29.0 Å². The van der Waals surface area contributed by atoms with Gasteiger partial charge in [-0.1, -0.05) is 0 Å². The van der Waals surface area contributed by atoms with Crippen molar-refractivity contribution in [2.75, 3.05) is 12.4 Å². The summed E-state index contributed by atoms with van der Waals surface area (Å²) in [5.74, 6) is -1.75. The maximum atomic E-state index is 11.7. The molecular weight excluding hydrogens is 288 g/mol. The maximum absolute atomic E-state index is 11.7. The normalized spacial score (nSPS) is 13.2. The zero-order chi connectivity index (χ0) is 15.7. The van der Waals surface area contributed by atoms with Gasteiger partial charge in [0, 0.05) is 18.6 Å². The minimum absolute atomic E-state index is 0.00448. The molecule has 0 saturated carbocycles. The number of carboxylic acids is 1. The van der Waals surface area contributed by atoms with Gasteiger partial charge in [0.15, 0.2) is 5.78 Å². The van der Waals surface area contributed by atoms with Crippen LogP contribution in [0, 0.1) is 0 Å². The second kappa shape index (κ2) is 9.32. The van der Waals surface area contributed by atoms with Crippen molar-refractivity contribution in [1.29, 1.82) is 0 Å². The third-order valence-corrected chi connectivity index (χ3v) is 2.66. The average Bonchev–Trinajstić information content (AvgIpc) is 2.38. The predicted octanol–water partition coefficient (Wildman–Crippen LogP) is -0.639. The van der Waals surface area contributed by atoms with E-state index in [0.29, 0.717) is 0 Å². The zero-order valence-electron chi connectivity index (χ0n) is 11.0. The van der Waals surface area contributed by atoms with Crippen LogP contribution >= 0.6 is 12.6 Å². The van der Waals surface area contributed by atoms with Gasteiger partial charge in [0.05, 0.1) is 6.04 Å². The van der Waals surface area contributed by atoms with E-state index in [9.17, 15) is 19.2 Å². The molecule has 114 valence electrons. The van der Waals surface area contributed by atoms with Crippen LogP contribution in [0.5, 0.6) is 0 Å². The van der Waals surface area contributed by atoms with Gasteiger partial charge in [-0.25, -0.2) is 4.79 Å². The molecule has 0 bridgehead atoms. The summed E-state index contributed by atoms with van der Waals surface area (Å²) < 4.78 is 4.56. The number of hydrogen-bond donors (Lipinski definition) is 4. The number of rotatable bonds is 9.